The van der Waals surface area contributed by atoms with Gasteiger partial charge in [0.15, 0.2) is 0 Å². The lowest BCUT2D eigenvalue weighted by Gasteiger charge is -2.17. The van der Waals surface area contributed by atoms with E-state index >= 15 is 0 Å². The van der Waals surface area contributed by atoms with Crippen LogP contribution in [0.15, 0.2) is 17.5 Å². The zero-order valence-electron chi connectivity index (χ0n) is 10.7. The molecule has 16 heavy (non-hydrogen) atoms. The van der Waals surface area contributed by atoms with Crippen LogP contribution in [0, 0.1) is 0 Å². The average Bonchev–Trinajstić information content (AvgIpc) is 2.79. The van der Waals surface area contributed by atoms with Crippen LogP contribution in [0.2, 0.25) is 0 Å². The van der Waals surface area contributed by atoms with E-state index in [2.05, 4.69) is 36.7 Å². The standard InChI is InChI=1S/C14H25NS/c1-3-7-13(15-11-4-2)8-5-9-14-10-6-12-16-14/h6,10,12-13,15H,3-5,7-9,11H2,1-2H3. The second-order valence-corrected chi connectivity index (χ2v) is 5.44. The quantitative estimate of drug-likeness (QED) is 0.679. The van der Waals surface area contributed by atoms with Crippen molar-refractivity contribution in [1.29, 1.82) is 0 Å². The molecular weight excluding hydrogens is 214 g/mol. The van der Waals surface area contributed by atoms with Crippen molar-refractivity contribution in [2.45, 2.75) is 58.4 Å². The summed E-state index contributed by atoms with van der Waals surface area (Å²) in [5.41, 5.74) is 0. The largest absolute Gasteiger partial charge is 0.314 e. The predicted molar refractivity (Wildman–Crippen MR) is 74.2 cm³/mol. The van der Waals surface area contributed by atoms with Crippen molar-refractivity contribution >= 4 is 11.3 Å². The Morgan fingerprint density at radius 2 is 2.12 bits per heavy atom. The summed E-state index contributed by atoms with van der Waals surface area (Å²) in [6.45, 7) is 5.69. The maximum Gasteiger partial charge on any atom is 0.00670 e. The van der Waals surface area contributed by atoms with E-state index in [1.807, 2.05) is 11.3 Å². The summed E-state index contributed by atoms with van der Waals surface area (Å²) in [5.74, 6) is 0. The molecule has 1 unspecified atom stereocenters. The fourth-order valence-corrected chi connectivity index (χ4v) is 2.77. The summed E-state index contributed by atoms with van der Waals surface area (Å²) in [7, 11) is 0. The predicted octanol–water partition coefficient (Wildman–Crippen LogP) is 4.24. The molecule has 0 aromatic carbocycles. The minimum atomic E-state index is 0.741. The lowest BCUT2D eigenvalue weighted by Crippen LogP contribution is -2.29. The molecule has 1 nitrogen and oxygen atoms in total. The van der Waals surface area contributed by atoms with Crippen LogP contribution in [0.3, 0.4) is 0 Å². The van der Waals surface area contributed by atoms with Crippen molar-refractivity contribution in [3.05, 3.63) is 22.4 Å². The Bertz CT molecular complexity index is 243. The van der Waals surface area contributed by atoms with Crippen LogP contribution in [0.4, 0.5) is 0 Å². The number of aryl methyl sites for hydroxylation is 1. The van der Waals surface area contributed by atoms with Crippen molar-refractivity contribution < 1.29 is 0 Å². The van der Waals surface area contributed by atoms with Gasteiger partial charge in [-0.1, -0.05) is 26.3 Å². The number of thiophene rings is 1. The van der Waals surface area contributed by atoms with Crippen molar-refractivity contribution in [2.24, 2.45) is 0 Å². The maximum absolute atomic E-state index is 3.65. The molecule has 0 aliphatic heterocycles. The molecule has 1 heterocycles. The molecule has 92 valence electrons. The van der Waals surface area contributed by atoms with Gasteiger partial charge in [0, 0.05) is 10.9 Å². The summed E-state index contributed by atoms with van der Waals surface area (Å²) >= 11 is 1.89. The SMILES string of the molecule is CCCNC(CCC)CCCc1cccs1. The Balaban J connectivity index is 2.15. The minimum Gasteiger partial charge on any atom is -0.314 e. The third-order valence-electron chi connectivity index (χ3n) is 2.88. The van der Waals surface area contributed by atoms with Crippen molar-refractivity contribution in [3.63, 3.8) is 0 Å². The number of hydrogen-bond acceptors (Lipinski definition) is 2. The summed E-state index contributed by atoms with van der Waals surface area (Å²) in [6.07, 6.45) is 7.76. The third kappa shape index (κ3) is 5.66. The van der Waals surface area contributed by atoms with Gasteiger partial charge in [0.05, 0.1) is 0 Å². The highest BCUT2D eigenvalue weighted by Gasteiger charge is 2.06. The highest BCUT2D eigenvalue weighted by molar-refractivity contribution is 7.09. The van der Waals surface area contributed by atoms with Gasteiger partial charge in [0.2, 0.25) is 0 Å². The Morgan fingerprint density at radius 1 is 1.25 bits per heavy atom. The molecule has 2 heteroatoms. The monoisotopic (exact) mass is 239 g/mol. The summed E-state index contributed by atoms with van der Waals surface area (Å²) in [4.78, 5) is 1.53. The zero-order valence-corrected chi connectivity index (χ0v) is 11.5. The molecule has 0 aliphatic carbocycles. The van der Waals surface area contributed by atoms with E-state index in [1.54, 1.807) is 0 Å². The molecule has 1 atom stereocenters. The van der Waals surface area contributed by atoms with Crippen LogP contribution in [-0.4, -0.2) is 12.6 Å². The number of rotatable bonds is 9. The lowest BCUT2D eigenvalue weighted by atomic mass is 10.0. The van der Waals surface area contributed by atoms with Crippen molar-refractivity contribution in [2.75, 3.05) is 6.54 Å². The molecule has 0 aliphatic rings. The first-order chi connectivity index (χ1) is 7.86. The summed E-state index contributed by atoms with van der Waals surface area (Å²) < 4.78 is 0. The van der Waals surface area contributed by atoms with Gasteiger partial charge in [-0.3, -0.25) is 0 Å². The molecule has 0 spiro atoms. The van der Waals surface area contributed by atoms with E-state index in [4.69, 9.17) is 0 Å². The van der Waals surface area contributed by atoms with E-state index in [0.29, 0.717) is 0 Å². The van der Waals surface area contributed by atoms with E-state index < -0.39 is 0 Å². The lowest BCUT2D eigenvalue weighted by molar-refractivity contribution is 0.438. The molecule has 1 rings (SSSR count). The Labute approximate surface area is 104 Å². The second kappa shape index (κ2) is 8.77. The molecule has 1 aromatic rings. The van der Waals surface area contributed by atoms with Crippen LogP contribution in [0.25, 0.3) is 0 Å². The van der Waals surface area contributed by atoms with E-state index in [-0.39, 0.29) is 0 Å². The molecular formula is C14H25NS. The van der Waals surface area contributed by atoms with Gasteiger partial charge in [-0.2, -0.15) is 0 Å². The highest BCUT2D eigenvalue weighted by Crippen LogP contribution is 2.14. The van der Waals surface area contributed by atoms with Crippen molar-refractivity contribution in [3.8, 4) is 0 Å². The van der Waals surface area contributed by atoms with Crippen LogP contribution in [0.1, 0.15) is 50.8 Å². The summed E-state index contributed by atoms with van der Waals surface area (Å²) in [6, 6.07) is 5.14. The van der Waals surface area contributed by atoms with Gasteiger partial charge < -0.3 is 5.32 Å². The van der Waals surface area contributed by atoms with Gasteiger partial charge in [-0.25, -0.2) is 0 Å². The average molecular weight is 239 g/mol. The highest BCUT2D eigenvalue weighted by atomic mass is 32.1. The molecule has 0 bridgehead atoms. The minimum absolute atomic E-state index is 0.741. The normalized spacial score (nSPS) is 12.9. The summed E-state index contributed by atoms with van der Waals surface area (Å²) in [5, 5.41) is 5.83. The molecule has 0 saturated heterocycles. The van der Waals surface area contributed by atoms with Crippen molar-refractivity contribution in [1.82, 2.24) is 5.32 Å². The third-order valence-corrected chi connectivity index (χ3v) is 3.81. The van der Waals surface area contributed by atoms with Gasteiger partial charge in [-0.05, 0) is 50.1 Å². The topological polar surface area (TPSA) is 12.0 Å². The van der Waals surface area contributed by atoms with Gasteiger partial charge >= 0.3 is 0 Å². The molecule has 0 amide bonds. The Hall–Kier alpha value is -0.340. The van der Waals surface area contributed by atoms with Crippen LogP contribution >= 0.6 is 11.3 Å². The van der Waals surface area contributed by atoms with Gasteiger partial charge in [0.1, 0.15) is 0 Å². The molecule has 0 fully saturated rings. The fourth-order valence-electron chi connectivity index (χ4n) is 2.02. The molecule has 1 N–H and O–H groups in total. The first kappa shape index (κ1) is 13.7. The van der Waals surface area contributed by atoms with Crippen LogP contribution in [0.5, 0.6) is 0 Å². The van der Waals surface area contributed by atoms with E-state index in [0.717, 1.165) is 6.04 Å². The number of nitrogens with one attached hydrogen (secondary N) is 1. The fraction of sp³-hybridized carbons (Fsp3) is 0.714. The first-order valence-corrected chi connectivity index (χ1v) is 7.50. The molecule has 0 radical (unpaired) electrons. The van der Waals surface area contributed by atoms with Crippen LogP contribution < -0.4 is 5.32 Å². The molecule has 0 saturated carbocycles. The Kier molecular flexibility index (Phi) is 7.52. The maximum atomic E-state index is 3.65. The Morgan fingerprint density at radius 3 is 2.75 bits per heavy atom. The van der Waals surface area contributed by atoms with Gasteiger partial charge in [0.25, 0.3) is 0 Å². The molecule has 1 aromatic heterocycles. The number of hydrogen-bond donors (Lipinski definition) is 1. The van der Waals surface area contributed by atoms with E-state index in [1.165, 1.54) is 49.9 Å². The second-order valence-electron chi connectivity index (χ2n) is 4.41. The smallest absolute Gasteiger partial charge is 0.00670 e. The van der Waals surface area contributed by atoms with Gasteiger partial charge in [-0.15, -0.1) is 11.3 Å². The zero-order chi connectivity index (χ0) is 11.6. The van der Waals surface area contributed by atoms with Crippen LogP contribution in [-0.2, 0) is 6.42 Å². The first-order valence-electron chi connectivity index (χ1n) is 6.62. The van der Waals surface area contributed by atoms with E-state index in [9.17, 15) is 0 Å².